The molecule has 0 bridgehead atoms. The lowest BCUT2D eigenvalue weighted by Crippen LogP contribution is -2.20. The minimum Gasteiger partial charge on any atom is -0.506 e. The van der Waals surface area contributed by atoms with Crippen LogP contribution in [0.1, 0.15) is 16.8 Å². The summed E-state index contributed by atoms with van der Waals surface area (Å²) in [6.45, 7) is 1.58. The summed E-state index contributed by atoms with van der Waals surface area (Å²) in [5, 5.41) is 21.9. The maximum atomic E-state index is 12.0. The predicted molar refractivity (Wildman–Crippen MR) is 120 cm³/mol. The van der Waals surface area contributed by atoms with Crippen LogP contribution in [0.4, 0.5) is 0 Å². The monoisotopic (exact) mass is 419 g/mol. The molecule has 31 heavy (non-hydrogen) atoms. The van der Waals surface area contributed by atoms with Crippen molar-refractivity contribution in [3.63, 3.8) is 0 Å². The first kappa shape index (κ1) is 22.1. The van der Waals surface area contributed by atoms with Gasteiger partial charge < -0.3 is 25.1 Å². The Balaban J connectivity index is 1.83. The average Bonchev–Trinajstić information content (AvgIpc) is 2.79. The summed E-state index contributed by atoms with van der Waals surface area (Å²) < 4.78 is 6.58. The topological polar surface area (TPSA) is 113 Å². The molecule has 0 aliphatic rings. The molecule has 2 aromatic heterocycles. The van der Waals surface area contributed by atoms with E-state index in [-0.39, 0.29) is 22.7 Å². The number of nitrogens with one attached hydrogen (secondary N) is 2. The van der Waals surface area contributed by atoms with Crippen molar-refractivity contribution >= 4 is 11.5 Å². The third kappa shape index (κ3) is 5.71. The van der Waals surface area contributed by atoms with Gasteiger partial charge in [-0.25, -0.2) is 4.98 Å². The molecule has 0 radical (unpaired) electrons. The molecule has 3 N–H and O–H groups in total. The Bertz CT molecular complexity index is 1140. The molecule has 0 aliphatic carbocycles. The Morgan fingerprint density at radius 1 is 1.23 bits per heavy atom. The molecule has 0 saturated carbocycles. The van der Waals surface area contributed by atoms with E-state index in [0.29, 0.717) is 30.0 Å². The van der Waals surface area contributed by atoms with E-state index >= 15 is 0 Å². The van der Waals surface area contributed by atoms with E-state index in [0.717, 1.165) is 12.1 Å². The zero-order valence-electron chi connectivity index (χ0n) is 17.5. The third-order valence-electron chi connectivity index (χ3n) is 4.64. The fourth-order valence-corrected chi connectivity index (χ4v) is 2.98. The molecule has 160 valence electrons. The van der Waals surface area contributed by atoms with Crippen LogP contribution in [0, 0.1) is 5.41 Å². The van der Waals surface area contributed by atoms with Gasteiger partial charge in [0.25, 0.3) is 5.56 Å². The van der Waals surface area contributed by atoms with Gasteiger partial charge in [0.15, 0.2) is 0 Å². The second-order valence-electron chi connectivity index (χ2n) is 6.90. The summed E-state index contributed by atoms with van der Waals surface area (Å²) in [6.07, 6.45) is 6.02. The van der Waals surface area contributed by atoms with Crippen molar-refractivity contribution in [3.8, 4) is 11.3 Å². The Morgan fingerprint density at radius 2 is 2.00 bits per heavy atom. The molecule has 3 aromatic rings. The normalized spacial score (nSPS) is 11.5. The van der Waals surface area contributed by atoms with Crippen molar-refractivity contribution in [1.82, 2.24) is 19.9 Å². The first-order valence-corrected chi connectivity index (χ1v) is 9.77. The Labute approximate surface area is 180 Å². The number of methoxy groups -OCH3 is 1. The number of ether oxygens (including phenoxy) is 1. The lowest BCUT2D eigenvalue weighted by Gasteiger charge is -2.08. The van der Waals surface area contributed by atoms with Gasteiger partial charge in [-0.15, -0.1) is 0 Å². The first-order chi connectivity index (χ1) is 15.0. The second kappa shape index (κ2) is 10.4. The first-order valence-electron chi connectivity index (χ1n) is 9.77. The third-order valence-corrected chi connectivity index (χ3v) is 4.64. The number of benzene rings is 1. The van der Waals surface area contributed by atoms with Gasteiger partial charge in [0.1, 0.15) is 11.5 Å². The fourth-order valence-electron chi connectivity index (χ4n) is 2.98. The highest BCUT2D eigenvalue weighted by atomic mass is 16.5. The molecule has 0 saturated heterocycles. The molecule has 2 heterocycles. The van der Waals surface area contributed by atoms with E-state index in [4.69, 9.17) is 10.1 Å². The van der Waals surface area contributed by atoms with Crippen LogP contribution in [-0.4, -0.2) is 46.1 Å². The quantitative estimate of drug-likeness (QED) is 0.363. The summed E-state index contributed by atoms with van der Waals surface area (Å²) in [5.74, 6) is -0.161. The number of pyridine rings is 1. The molecule has 0 spiro atoms. The molecule has 1 aromatic carbocycles. The summed E-state index contributed by atoms with van der Waals surface area (Å²) in [6, 6.07) is 10.7. The maximum absolute atomic E-state index is 12.0. The number of nitrogens with zero attached hydrogens (tertiary/aromatic N) is 3. The number of rotatable bonds is 9. The molecular formula is C23H25N5O3. The maximum Gasteiger partial charge on any atom is 0.250 e. The van der Waals surface area contributed by atoms with Crippen molar-refractivity contribution in [2.24, 2.45) is 0 Å². The van der Waals surface area contributed by atoms with Gasteiger partial charge in [-0.2, -0.15) is 0 Å². The van der Waals surface area contributed by atoms with Crippen molar-refractivity contribution in [1.29, 1.82) is 5.41 Å². The minimum absolute atomic E-state index is 0.137. The average molecular weight is 419 g/mol. The van der Waals surface area contributed by atoms with E-state index in [9.17, 15) is 9.90 Å². The predicted octanol–water partition coefficient (Wildman–Crippen LogP) is 2.64. The van der Waals surface area contributed by atoms with Crippen molar-refractivity contribution in [3.05, 3.63) is 88.2 Å². The van der Waals surface area contributed by atoms with Crippen LogP contribution in [0.5, 0.6) is 0 Å². The largest absolute Gasteiger partial charge is 0.506 e. The van der Waals surface area contributed by atoms with Crippen LogP contribution >= 0.6 is 0 Å². The van der Waals surface area contributed by atoms with Crippen LogP contribution in [0.15, 0.2) is 65.9 Å². The Morgan fingerprint density at radius 3 is 2.71 bits per heavy atom. The molecule has 8 nitrogen and oxygen atoms in total. The highest BCUT2D eigenvalue weighted by Gasteiger charge is 2.09. The Kier molecular flexibility index (Phi) is 7.42. The van der Waals surface area contributed by atoms with Gasteiger partial charge >= 0.3 is 0 Å². The van der Waals surface area contributed by atoms with E-state index in [1.165, 1.54) is 22.9 Å². The van der Waals surface area contributed by atoms with E-state index in [1.807, 2.05) is 31.3 Å². The minimum atomic E-state index is -0.161. The molecule has 0 unspecified atom stereocenters. The van der Waals surface area contributed by atoms with Crippen molar-refractivity contribution in [2.45, 2.75) is 13.1 Å². The standard InChI is InChI=1S/C23H25N5O3/c1-25-12-16-3-5-17(6-4-16)19(24)11-22(29)21-14-26-13-20(27-21)18-7-8-23(30)28(15-18)9-10-31-2/h3-8,11,13-15,24-25,29H,9-10,12H2,1-2H3/b22-11-,24-19?. The molecule has 0 amide bonds. The molecule has 0 fully saturated rings. The number of aliphatic hydroxyl groups excluding tert-OH is 1. The number of aliphatic hydroxyl groups is 1. The summed E-state index contributed by atoms with van der Waals surface area (Å²) in [5.41, 5.74) is 3.25. The van der Waals surface area contributed by atoms with Gasteiger partial charge in [0.05, 0.1) is 30.4 Å². The molecule has 8 heteroatoms. The summed E-state index contributed by atoms with van der Waals surface area (Å²) in [7, 11) is 3.45. The smallest absolute Gasteiger partial charge is 0.250 e. The molecule has 0 aliphatic heterocycles. The van der Waals surface area contributed by atoms with Crippen LogP contribution in [0.3, 0.4) is 0 Å². The number of hydrogen-bond donors (Lipinski definition) is 3. The van der Waals surface area contributed by atoms with E-state index in [1.54, 1.807) is 25.6 Å². The zero-order chi connectivity index (χ0) is 22.2. The SMILES string of the molecule is CNCc1ccc(C(=N)/C=C(\O)c2cncc(-c3ccc(=O)n(CCOC)c3)n2)cc1. The number of allylic oxidation sites excluding steroid dienone is 1. The van der Waals surface area contributed by atoms with Crippen molar-refractivity contribution in [2.75, 3.05) is 20.8 Å². The van der Waals surface area contributed by atoms with Crippen LogP contribution in [-0.2, 0) is 17.8 Å². The van der Waals surface area contributed by atoms with Crippen LogP contribution in [0.2, 0.25) is 0 Å². The van der Waals surface area contributed by atoms with Gasteiger partial charge in [0, 0.05) is 44.1 Å². The zero-order valence-corrected chi connectivity index (χ0v) is 17.5. The Hall–Kier alpha value is -3.62. The fraction of sp³-hybridized carbons (Fsp3) is 0.217. The van der Waals surface area contributed by atoms with E-state index < -0.39 is 0 Å². The molecular weight excluding hydrogens is 394 g/mol. The lowest BCUT2D eigenvalue weighted by molar-refractivity contribution is 0.186. The van der Waals surface area contributed by atoms with Crippen molar-refractivity contribution < 1.29 is 9.84 Å². The number of aromatic nitrogens is 3. The van der Waals surface area contributed by atoms with Gasteiger partial charge in [0.2, 0.25) is 0 Å². The van der Waals surface area contributed by atoms with Gasteiger partial charge in [-0.3, -0.25) is 9.78 Å². The van der Waals surface area contributed by atoms with Gasteiger partial charge in [-0.05, 0) is 24.2 Å². The highest BCUT2D eigenvalue weighted by Crippen LogP contribution is 2.18. The molecule has 0 atom stereocenters. The highest BCUT2D eigenvalue weighted by molar-refractivity contribution is 6.09. The van der Waals surface area contributed by atoms with E-state index in [2.05, 4.69) is 15.3 Å². The lowest BCUT2D eigenvalue weighted by atomic mass is 10.1. The summed E-state index contributed by atoms with van der Waals surface area (Å²) >= 11 is 0. The van der Waals surface area contributed by atoms with Crippen LogP contribution in [0.25, 0.3) is 17.0 Å². The van der Waals surface area contributed by atoms with Crippen LogP contribution < -0.4 is 10.9 Å². The van der Waals surface area contributed by atoms with Gasteiger partial charge in [-0.1, -0.05) is 24.3 Å². The number of hydrogen-bond acceptors (Lipinski definition) is 7. The summed E-state index contributed by atoms with van der Waals surface area (Å²) in [4.78, 5) is 20.6. The molecule has 3 rings (SSSR count). The second-order valence-corrected chi connectivity index (χ2v) is 6.90.